The first-order chi connectivity index (χ1) is 7.18. The molecule has 1 saturated carbocycles. The van der Waals surface area contributed by atoms with Crippen LogP contribution in [-0.2, 0) is 9.53 Å². The van der Waals surface area contributed by atoms with E-state index >= 15 is 0 Å². The van der Waals surface area contributed by atoms with Gasteiger partial charge in [0.1, 0.15) is 6.61 Å². The van der Waals surface area contributed by atoms with Crippen LogP contribution in [0.25, 0.3) is 0 Å². The second kappa shape index (κ2) is 4.08. The summed E-state index contributed by atoms with van der Waals surface area (Å²) in [7, 11) is 0. The van der Waals surface area contributed by atoms with Gasteiger partial charge in [-0.1, -0.05) is 6.42 Å². The van der Waals surface area contributed by atoms with Crippen molar-refractivity contribution in [2.24, 2.45) is 5.92 Å². The Morgan fingerprint density at radius 1 is 1.47 bits per heavy atom. The number of rotatable bonds is 2. The van der Waals surface area contributed by atoms with Gasteiger partial charge < -0.3 is 14.7 Å². The van der Waals surface area contributed by atoms with Crippen LogP contribution < -0.4 is 0 Å². The number of amides is 1. The highest BCUT2D eigenvalue weighted by Crippen LogP contribution is 2.29. The summed E-state index contributed by atoms with van der Waals surface area (Å²) in [5.41, 5.74) is 0. The van der Waals surface area contributed by atoms with Gasteiger partial charge in [0.05, 0.1) is 12.5 Å². The molecule has 1 aliphatic heterocycles. The van der Waals surface area contributed by atoms with Crippen LogP contribution in [0.3, 0.4) is 0 Å². The van der Waals surface area contributed by atoms with Gasteiger partial charge in [0.2, 0.25) is 0 Å². The first-order valence-corrected chi connectivity index (χ1v) is 5.34. The predicted molar refractivity (Wildman–Crippen MR) is 51.4 cm³/mol. The van der Waals surface area contributed by atoms with E-state index in [1.807, 2.05) is 0 Å². The van der Waals surface area contributed by atoms with Gasteiger partial charge in [-0.3, -0.25) is 4.79 Å². The normalized spacial score (nSPS) is 31.5. The average Bonchev–Trinajstić information content (AvgIpc) is 2.64. The number of hydrogen-bond donors (Lipinski definition) is 1. The maximum absolute atomic E-state index is 11.3. The van der Waals surface area contributed by atoms with Crippen molar-refractivity contribution in [3.63, 3.8) is 0 Å². The maximum atomic E-state index is 11.3. The van der Waals surface area contributed by atoms with Gasteiger partial charge in [-0.25, -0.2) is 4.79 Å². The molecule has 0 bridgehead atoms. The molecular formula is C10H15NO4. The van der Waals surface area contributed by atoms with Crippen molar-refractivity contribution in [1.29, 1.82) is 0 Å². The van der Waals surface area contributed by atoms with E-state index in [-0.39, 0.29) is 18.1 Å². The van der Waals surface area contributed by atoms with Crippen LogP contribution in [0.1, 0.15) is 25.7 Å². The van der Waals surface area contributed by atoms with Crippen molar-refractivity contribution < 1.29 is 19.4 Å². The number of carboxylic acid groups (broad SMARTS) is 1. The van der Waals surface area contributed by atoms with Crippen molar-refractivity contribution in [2.75, 3.05) is 13.2 Å². The molecule has 5 heteroatoms. The lowest BCUT2D eigenvalue weighted by Gasteiger charge is -2.32. The highest BCUT2D eigenvalue weighted by molar-refractivity contribution is 5.71. The molecule has 2 fully saturated rings. The standard InChI is InChI=1S/C10H15NO4/c12-9(13)7-2-1-3-8(6-7)11-4-5-15-10(11)14/h7-8H,1-6H2,(H,12,13). The molecule has 0 radical (unpaired) electrons. The Labute approximate surface area is 88.0 Å². The van der Waals surface area contributed by atoms with Gasteiger partial charge in [-0.2, -0.15) is 0 Å². The summed E-state index contributed by atoms with van der Waals surface area (Å²) in [5, 5.41) is 8.93. The van der Waals surface area contributed by atoms with Crippen LogP contribution in [0.5, 0.6) is 0 Å². The number of carbonyl (C=O) groups is 2. The van der Waals surface area contributed by atoms with Gasteiger partial charge in [-0.05, 0) is 19.3 Å². The van der Waals surface area contributed by atoms with Crippen LogP contribution in [-0.4, -0.2) is 41.3 Å². The lowest BCUT2D eigenvalue weighted by atomic mass is 9.85. The van der Waals surface area contributed by atoms with Gasteiger partial charge in [-0.15, -0.1) is 0 Å². The first kappa shape index (κ1) is 10.3. The van der Waals surface area contributed by atoms with Crippen molar-refractivity contribution in [3.8, 4) is 0 Å². The third-order valence-corrected chi connectivity index (χ3v) is 3.23. The summed E-state index contributed by atoms with van der Waals surface area (Å²) in [4.78, 5) is 23.8. The Balaban J connectivity index is 1.97. The topological polar surface area (TPSA) is 66.8 Å². The van der Waals surface area contributed by atoms with Gasteiger partial charge in [0.15, 0.2) is 0 Å². The second-order valence-corrected chi connectivity index (χ2v) is 4.16. The number of carbonyl (C=O) groups excluding carboxylic acids is 1. The zero-order chi connectivity index (χ0) is 10.8. The van der Waals surface area contributed by atoms with E-state index in [2.05, 4.69) is 0 Å². The largest absolute Gasteiger partial charge is 0.481 e. The third kappa shape index (κ3) is 2.06. The van der Waals surface area contributed by atoms with Gasteiger partial charge >= 0.3 is 12.1 Å². The van der Waals surface area contributed by atoms with Crippen molar-refractivity contribution >= 4 is 12.1 Å². The van der Waals surface area contributed by atoms with Gasteiger partial charge in [0, 0.05) is 6.04 Å². The molecule has 0 aromatic rings. The SMILES string of the molecule is O=C(O)C1CCCC(N2CCOC2=O)C1. The number of nitrogens with zero attached hydrogens (tertiary/aromatic N) is 1. The summed E-state index contributed by atoms with van der Waals surface area (Å²) in [6.07, 6.45) is 2.80. The van der Waals surface area contributed by atoms with Crippen molar-refractivity contribution in [1.82, 2.24) is 4.90 Å². The Kier molecular flexibility index (Phi) is 2.79. The highest BCUT2D eigenvalue weighted by atomic mass is 16.6. The molecule has 5 nitrogen and oxygen atoms in total. The molecule has 1 amide bonds. The van der Waals surface area contributed by atoms with Crippen LogP contribution in [0.15, 0.2) is 0 Å². The van der Waals surface area contributed by atoms with Crippen molar-refractivity contribution in [2.45, 2.75) is 31.7 Å². The van der Waals surface area contributed by atoms with Crippen LogP contribution in [0.2, 0.25) is 0 Å². The molecule has 15 heavy (non-hydrogen) atoms. The fraction of sp³-hybridized carbons (Fsp3) is 0.800. The van der Waals surface area contributed by atoms with E-state index in [4.69, 9.17) is 9.84 Å². The molecule has 84 valence electrons. The molecule has 1 N–H and O–H groups in total. The van der Waals surface area contributed by atoms with E-state index in [9.17, 15) is 9.59 Å². The summed E-state index contributed by atoms with van der Waals surface area (Å²) in [6.45, 7) is 1.04. The molecule has 0 spiro atoms. The molecule has 2 rings (SSSR count). The minimum Gasteiger partial charge on any atom is -0.481 e. The Bertz CT molecular complexity index is 279. The Morgan fingerprint density at radius 3 is 2.87 bits per heavy atom. The van der Waals surface area contributed by atoms with E-state index in [0.29, 0.717) is 19.6 Å². The second-order valence-electron chi connectivity index (χ2n) is 4.16. The molecule has 1 saturated heterocycles. The van der Waals surface area contributed by atoms with Crippen LogP contribution in [0, 0.1) is 5.92 Å². The average molecular weight is 213 g/mol. The number of carboxylic acids is 1. The van der Waals surface area contributed by atoms with Crippen molar-refractivity contribution in [3.05, 3.63) is 0 Å². The van der Waals surface area contributed by atoms with Gasteiger partial charge in [0.25, 0.3) is 0 Å². The Hall–Kier alpha value is -1.26. The number of cyclic esters (lactones) is 1. The molecule has 0 aromatic heterocycles. The van der Waals surface area contributed by atoms with E-state index in [0.717, 1.165) is 19.3 Å². The quantitative estimate of drug-likeness (QED) is 0.745. The lowest BCUT2D eigenvalue weighted by Crippen LogP contribution is -2.40. The fourth-order valence-electron chi connectivity index (χ4n) is 2.41. The van der Waals surface area contributed by atoms with E-state index < -0.39 is 5.97 Å². The summed E-state index contributed by atoms with van der Waals surface area (Å²) in [6, 6.07) is 0.0647. The number of aliphatic carboxylic acids is 1. The Morgan fingerprint density at radius 2 is 2.27 bits per heavy atom. The molecular weight excluding hydrogens is 198 g/mol. The molecule has 2 unspecified atom stereocenters. The summed E-state index contributed by atoms with van der Waals surface area (Å²) >= 11 is 0. The zero-order valence-corrected chi connectivity index (χ0v) is 8.52. The molecule has 1 aliphatic carbocycles. The highest BCUT2D eigenvalue weighted by Gasteiger charge is 2.35. The summed E-state index contributed by atoms with van der Waals surface area (Å²) in [5.74, 6) is -1.04. The third-order valence-electron chi connectivity index (χ3n) is 3.23. The van der Waals surface area contributed by atoms with E-state index in [1.165, 1.54) is 0 Å². The predicted octanol–water partition coefficient (Wildman–Crippen LogP) is 1.08. The molecule has 1 heterocycles. The monoisotopic (exact) mass is 213 g/mol. The number of hydrogen-bond acceptors (Lipinski definition) is 3. The number of ether oxygens (including phenoxy) is 1. The zero-order valence-electron chi connectivity index (χ0n) is 8.52. The molecule has 2 atom stereocenters. The van der Waals surface area contributed by atoms with E-state index in [1.54, 1.807) is 4.90 Å². The van der Waals surface area contributed by atoms with Crippen LogP contribution in [0.4, 0.5) is 4.79 Å². The lowest BCUT2D eigenvalue weighted by molar-refractivity contribution is -0.143. The van der Waals surface area contributed by atoms with Crippen LogP contribution >= 0.6 is 0 Å². The summed E-state index contributed by atoms with van der Waals surface area (Å²) < 4.78 is 4.85. The molecule has 2 aliphatic rings. The minimum atomic E-state index is -0.743. The maximum Gasteiger partial charge on any atom is 0.410 e. The first-order valence-electron chi connectivity index (χ1n) is 5.34. The smallest absolute Gasteiger partial charge is 0.410 e. The molecule has 0 aromatic carbocycles. The minimum absolute atomic E-state index is 0.0647. The fourth-order valence-corrected chi connectivity index (χ4v) is 2.41.